The topological polar surface area (TPSA) is 49.4 Å². The number of hydrogen-bond donors (Lipinski definition) is 0. The number of aromatic carboxylic acids is 1. The largest absolute Gasteiger partial charge is 1.00 e. The van der Waals surface area contributed by atoms with E-state index in [1.165, 1.54) is 25.7 Å². The molecule has 4 heteroatoms. The molecule has 1 heterocycles. The summed E-state index contributed by atoms with van der Waals surface area (Å²) >= 11 is 0. The fourth-order valence-electron chi connectivity index (χ4n) is 3.57. The molecular formula is C22H25NaO3. The molecule has 0 aromatic heterocycles. The molecular weight excluding hydrogens is 335 g/mol. The van der Waals surface area contributed by atoms with Crippen molar-refractivity contribution in [2.24, 2.45) is 0 Å². The van der Waals surface area contributed by atoms with Crippen LogP contribution in [0.15, 0.2) is 36.4 Å². The summed E-state index contributed by atoms with van der Waals surface area (Å²) in [5, 5.41) is 11.8. The summed E-state index contributed by atoms with van der Waals surface area (Å²) in [6.07, 6.45) is 8.52. The van der Waals surface area contributed by atoms with Gasteiger partial charge in [-0.2, -0.15) is 0 Å². The first-order valence-electron chi connectivity index (χ1n) is 9.32. The van der Waals surface area contributed by atoms with Gasteiger partial charge in [0.1, 0.15) is 11.5 Å². The predicted molar refractivity (Wildman–Crippen MR) is 97.2 cm³/mol. The third kappa shape index (κ3) is 4.91. The molecule has 26 heavy (non-hydrogen) atoms. The summed E-state index contributed by atoms with van der Waals surface area (Å²) in [6, 6.07) is 11.6. The van der Waals surface area contributed by atoms with Gasteiger partial charge in [-0.25, -0.2) is 0 Å². The first-order valence-corrected chi connectivity index (χ1v) is 9.32. The molecule has 3 nitrogen and oxygen atoms in total. The molecule has 0 fully saturated rings. The molecule has 1 aliphatic heterocycles. The maximum Gasteiger partial charge on any atom is 1.00 e. The van der Waals surface area contributed by atoms with Gasteiger partial charge in [-0.3, -0.25) is 0 Å². The van der Waals surface area contributed by atoms with E-state index in [1.807, 2.05) is 36.4 Å². The minimum Gasteiger partial charge on any atom is -0.545 e. The van der Waals surface area contributed by atoms with Crippen LogP contribution >= 0.6 is 0 Å². The van der Waals surface area contributed by atoms with Crippen LogP contribution in [0.25, 0.3) is 0 Å². The Morgan fingerprint density at radius 2 is 1.73 bits per heavy atom. The van der Waals surface area contributed by atoms with Crippen molar-refractivity contribution < 1.29 is 44.2 Å². The van der Waals surface area contributed by atoms with E-state index in [1.54, 1.807) is 0 Å². The SMILES string of the molecule is CCCCCCCCc1ccc2c(c1C(=O)[O-])Cc1ccccc1O2.[Na+]. The molecule has 0 saturated carbocycles. The van der Waals surface area contributed by atoms with E-state index >= 15 is 0 Å². The quantitative estimate of drug-likeness (QED) is 0.453. The van der Waals surface area contributed by atoms with Crippen LogP contribution in [-0.2, 0) is 12.8 Å². The van der Waals surface area contributed by atoms with Gasteiger partial charge in [0, 0.05) is 17.5 Å². The van der Waals surface area contributed by atoms with E-state index in [9.17, 15) is 9.90 Å². The smallest absolute Gasteiger partial charge is 0.545 e. The molecule has 0 atom stereocenters. The van der Waals surface area contributed by atoms with Gasteiger partial charge in [0.05, 0.1) is 5.97 Å². The monoisotopic (exact) mass is 360 g/mol. The van der Waals surface area contributed by atoms with Crippen molar-refractivity contribution in [3.8, 4) is 11.5 Å². The average Bonchev–Trinajstić information content (AvgIpc) is 2.62. The molecule has 0 spiro atoms. The zero-order chi connectivity index (χ0) is 17.6. The van der Waals surface area contributed by atoms with Gasteiger partial charge in [-0.1, -0.05) is 63.3 Å². The summed E-state index contributed by atoms with van der Waals surface area (Å²) in [6.45, 7) is 2.21. The van der Waals surface area contributed by atoms with Crippen molar-refractivity contribution in [1.82, 2.24) is 0 Å². The molecule has 0 bridgehead atoms. The van der Waals surface area contributed by atoms with Crippen LogP contribution in [0.3, 0.4) is 0 Å². The number of fused-ring (bicyclic) bond motifs is 2. The molecule has 0 amide bonds. The standard InChI is InChI=1S/C22H26O3.Na/c1-2-3-4-5-6-7-10-16-13-14-20-18(21(16)22(23)24)15-17-11-8-9-12-19(17)25-20;/h8-9,11-14H,2-7,10,15H2,1H3,(H,23,24);/q;+1/p-1. The van der Waals surface area contributed by atoms with E-state index < -0.39 is 5.97 Å². The molecule has 2 aromatic carbocycles. The summed E-state index contributed by atoms with van der Waals surface area (Å²) in [5.41, 5.74) is 2.98. The van der Waals surface area contributed by atoms with Crippen LogP contribution in [0, 0.1) is 0 Å². The summed E-state index contributed by atoms with van der Waals surface area (Å²) in [4.78, 5) is 11.8. The van der Waals surface area contributed by atoms with Gasteiger partial charge in [-0.15, -0.1) is 0 Å². The van der Waals surface area contributed by atoms with E-state index in [-0.39, 0.29) is 29.6 Å². The summed E-state index contributed by atoms with van der Waals surface area (Å²) in [7, 11) is 0. The molecule has 3 rings (SSSR count). The maximum absolute atomic E-state index is 11.8. The Labute approximate surface area is 178 Å². The van der Waals surface area contributed by atoms with Crippen molar-refractivity contribution >= 4 is 5.97 Å². The molecule has 0 unspecified atom stereocenters. The second-order valence-corrected chi connectivity index (χ2v) is 6.77. The van der Waals surface area contributed by atoms with Crippen molar-refractivity contribution in [2.45, 2.75) is 58.3 Å². The van der Waals surface area contributed by atoms with E-state index in [4.69, 9.17) is 4.74 Å². The number of hydrogen-bond acceptors (Lipinski definition) is 3. The zero-order valence-electron chi connectivity index (χ0n) is 15.8. The number of para-hydroxylation sites is 1. The Balaban J connectivity index is 0.00000243. The zero-order valence-corrected chi connectivity index (χ0v) is 17.8. The van der Waals surface area contributed by atoms with Crippen molar-refractivity contribution in [3.63, 3.8) is 0 Å². The van der Waals surface area contributed by atoms with Crippen LogP contribution < -0.4 is 39.4 Å². The Morgan fingerprint density at radius 1 is 1.00 bits per heavy atom. The van der Waals surface area contributed by atoms with Crippen molar-refractivity contribution in [2.75, 3.05) is 0 Å². The van der Waals surface area contributed by atoms with Gasteiger partial charge in [0.15, 0.2) is 0 Å². The van der Waals surface area contributed by atoms with Gasteiger partial charge in [-0.05, 0) is 36.1 Å². The second kappa shape index (κ2) is 10.1. The third-order valence-electron chi connectivity index (χ3n) is 4.92. The van der Waals surface area contributed by atoms with Crippen LogP contribution in [0.1, 0.15) is 72.5 Å². The number of carbonyl (C=O) groups is 1. The normalized spacial score (nSPS) is 11.7. The van der Waals surface area contributed by atoms with Crippen molar-refractivity contribution in [1.29, 1.82) is 0 Å². The van der Waals surface area contributed by atoms with Gasteiger partial charge in [0.25, 0.3) is 0 Å². The van der Waals surface area contributed by atoms with Crippen LogP contribution in [0.4, 0.5) is 0 Å². The van der Waals surface area contributed by atoms with E-state index in [0.29, 0.717) is 17.7 Å². The number of ether oxygens (including phenoxy) is 1. The van der Waals surface area contributed by atoms with Crippen molar-refractivity contribution in [3.05, 3.63) is 58.7 Å². The molecule has 2 aromatic rings. The van der Waals surface area contributed by atoms with Crippen LogP contribution in [0.2, 0.25) is 0 Å². The number of rotatable bonds is 8. The third-order valence-corrected chi connectivity index (χ3v) is 4.92. The number of carboxylic acid groups (broad SMARTS) is 1. The Bertz CT molecular complexity index is 755. The first kappa shape index (κ1) is 21.0. The van der Waals surface area contributed by atoms with Gasteiger partial charge >= 0.3 is 29.6 Å². The molecule has 0 saturated heterocycles. The predicted octanol–water partition coefficient (Wildman–Crippen LogP) is 1.65. The van der Waals surface area contributed by atoms with Crippen LogP contribution in [-0.4, -0.2) is 5.97 Å². The van der Waals surface area contributed by atoms with Gasteiger partial charge in [0.2, 0.25) is 0 Å². The molecule has 132 valence electrons. The molecule has 0 N–H and O–H groups in total. The Hall–Kier alpha value is -1.29. The fraction of sp³-hybridized carbons (Fsp3) is 0.409. The molecule has 0 radical (unpaired) electrons. The van der Waals surface area contributed by atoms with E-state index in [2.05, 4.69) is 6.92 Å². The summed E-state index contributed by atoms with van der Waals surface area (Å²) < 4.78 is 5.90. The number of aryl methyl sites for hydroxylation is 1. The number of unbranched alkanes of at least 4 members (excludes halogenated alkanes) is 5. The number of carboxylic acids is 1. The van der Waals surface area contributed by atoms with E-state index in [0.717, 1.165) is 41.7 Å². The Kier molecular flexibility index (Phi) is 8.20. The van der Waals surface area contributed by atoms with Crippen LogP contribution in [0.5, 0.6) is 11.5 Å². The first-order chi connectivity index (χ1) is 12.2. The minimum atomic E-state index is -1.10. The fourth-order valence-corrected chi connectivity index (χ4v) is 3.57. The summed E-state index contributed by atoms with van der Waals surface area (Å²) in [5.74, 6) is 0.355. The Morgan fingerprint density at radius 3 is 2.50 bits per heavy atom. The molecule has 1 aliphatic rings. The average molecular weight is 360 g/mol. The number of carbonyl (C=O) groups excluding carboxylic acids is 1. The number of benzene rings is 2. The molecule has 0 aliphatic carbocycles. The van der Waals surface area contributed by atoms with Gasteiger partial charge < -0.3 is 14.6 Å². The maximum atomic E-state index is 11.8. The minimum absolute atomic E-state index is 0. The second-order valence-electron chi connectivity index (χ2n) is 6.77.